The normalized spacial score (nSPS) is 25.5. The lowest BCUT2D eigenvalue weighted by Gasteiger charge is -2.52. The van der Waals surface area contributed by atoms with Crippen molar-refractivity contribution in [1.82, 2.24) is 19.7 Å². The Hall–Kier alpha value is -2.22. The van der Waals surface area contributed by atoms with Gasteiger partial charge in [-0.3, -0.25) is 9.69 Å². The van der Waals surface area contributed by atoms with Gasteiger partial charge in [0.05, 0.1) is 5.56 Å². The van der Waals surface area contributed by atoms with E-state index in [-0.39, 0.29) is 23.2 Å². The van der Waals surface area contributed by atoms with E-state index >= 15 is 0 Å². The van der Waals surface area contributed by atoms with Crippen molar-refractivity contribution < 1.29 is 18.7 Å². The molecule has 4 fully saturated rings. The zero-order valence-electron chi connectivity index (χ0n) is 23.1. The molecule has 1 atom stereocenters. The number of piperidine rings is 2. The Morgan fingerprint density at radius 2 is 1.84 bits per heavy atom. The third-order valence-corrected chi connectivity index (χ3v) is 9.75. The zero-order valence-corrected chi connectivity index (χ0v) is 23.1. The molecule has 8 heteroatoms. The maximum absolute atomic E-state index is 14.0. The highest BCUT2D eigenvalue weighted by atomic mass is 19.1. The monoisotopic (exact) mass is 528 g/mol. The van der Waals surface area contributed by atoms with E-state index in [9.17, 15) is 14.0 Å². The van der Waals surface area contributed by atoms with E-state index in [2.05, 4.69) is 16.8 Å². The van der Waals surface area contributed by atoms with Gasteiger partial charge in [-0.25, -0.2) is 9.78 Å². The van der Waals surface area contributed by atoms with Crippen LogP contribution in [0.15, 0.2) is 18.3 Å². The van der Waals surface area contributed by atoms with Gasteiger partial charge in [0.1, 0.15) is 5.60 Å². The van der Waals surface area contributed by atoms with Crippen molar-refractivity contribution in [3.8, 4) is 0 Å². The van der Waals surface area contributed by atoms with Crippen LogP contribution in [0.3, 0.4) is 0 Å². The highest BCUT2D eigenvalue weighted by Crippen LogP contribution is 2.42. The lowest BCUT2D eigenvalue weighted by atomic mass is 9.75. The van der Waals surface area contributed by atoms with Crippen LogP contribution in [0.5, 0.6) is 0 Å². The number of carbonyl (C=O) groups is 2. The van der Waals surface area contributed by atoms with Crippen LogP contribution in [-0.2, 0) is 4.74 Å². The molecule has 1 aromatic rings. The largest absolute Gasteiger partial charge is 0.442 e. The number of aromatic nitrogens is 1. The summed E-state index contributed by atoms with van der Waals surface area (Å²) in [5.74, 6) is 0.0707. The van der Waals surface area contributed by atoms with E-state index in [4.69, 9.17) is 4.74 Å². The molecule has 210 valence electrons. The second kappa shape index (κ2) is 12.3. The number of rotatable bonds is 7. The Labute approximate surface area is 227 Å². The highest BCUT2D eigenvalue weighted by molar-refractivity contribution is 5.94. The Morgan fingerprint density at radius 3 is 2.53 bits per heavy atom. The van der Waals surface area contributed by atoms with Crippen LogP contribution in [0.4, 0.5) is 9.18 Å². The van der Waals surface area contributed by atoms with Crippen molar-refractivity contribution in [3.05, 3.63) is 29.8 Å². The summed E-state index contributed by atoms with van der Waals surface area (Å²) >= 11 is 0. The molecule has 1 aromatic heterocycles. The molecule has 3 aliphatic heterocycles. The molecule has 4 aliphatic rings. The molecule has 38 heavy (non-hydrogen) atoms. The van der Waals surface area contributed by atoms with Gasteiger partial charge in [0.2, 0.25) is 5.95 Å². The molecule has 3 saturated heterocycles. The first-order chi connectivity index (χ1) is 18.5. The van der Waals surface area contributed by atoms with E-state index in [1.54, 1.807) is 11.0 Å². The fraction of sp³-hybridized carbons (Fsp3) is 0.767. The molecule has 0 N–H and O–H groups in total. The fourth-order valence-electron chi connectivity index (χ4n) is 7.39. The number of nitrogens with zero attached hydrogens (tertiary/aromatic N) is 4. The average molecular weight is 529 g/mol. The number of ether oxygens (including phenoxy) is 1. The Balaban J connectivity index is 1.15. The number of amides is 2. The van der Waals surface area contributed by atoms with Crippen molar-refractivity contribution >= 4 is 12.0 Å². The second-order valence-corrected chi connectivity index (χ2v) is 12.1. The fourth-order valence-corrected chi connectivity index (χ4v) is 7.39. The molecule has 2 amide bonds. The maximum Gasteiger partial charge on any atom is 0.410 e. The summed E-state index contributed by atoms with van der Waals surface area (Å²) in [6.07, 6.45) is 14.7. The first-order valence-corrected chi connectivity index (χ1v) is 15.1. The maximum atomic E-state index is 14.0. The quantitative estimate of drug-likeness (QED) is 0.438. The van der Waals surface area contributed by atoms with Crippen LogP contribution in [-0.4, -0.2) is 82.6 Å². The van der Waals surface area contributed by atoms with Crippen LogP contribution in [0, 0.1) is 17.8 Å². The standard InChI is InChI=1S/C30H45FN4O3/c1-2-3-10-24-22-35(21-23-8-5-4-6-9-23)29(37)38-30(24)14-19-33(20-15-30)25-12-17-34(18-13-25)28(36)26-11-7-16-32-27(26)31/h7,11,16,23-25H,2-6,8-10,12-15,17-22H2,1H3. The summed E-state index contributed by atoms with van der Waals surface area (Å²) in [4.78, 5) is 36.0. The Morgan fingerprint density at radius 1 is 1.11 bits per heavy atom. The summed E-state index contributed by atoms with van der Waals surface area (Å²) in [6.45, 7) is 7.06. The SMILES string of the molecule is CCCCC1CN(CC2CCCCC2)C(=O)OC12CCN(C1CCN(C(=O)c3cccnc3F)CC1)CC2. The molecule has 4 heterocycles. The van der Waals surface area contributed by atoms with Crippen molar-refractivity contribution in [3.63, 3.8) is 0 Å². The highest BCUT2D eigenvalue weighted by Gasteiger charge is 2.50. The summed E-state index contributed by atoms with van der Waals surface area (Å²) in [5.41, 5.74) is -0.277. The second-order valence-electron chi connectivity index (χ2n) is 12.1. The first-order valence-electron chi connectivity index (χ1n) is 15.1. The lowest BCUT2D eigenvalue weighted by Crippen LogP contribution is -2.61. The van der Waals surface area contributed by atoms with Crippen molar-refractivity contribution in [1.29, 1.82) is 0 Å². The number of carbonyl (C=O) groups excluding carboxylic acids is 2. The van der Waals surface area contributed by atoms with Gasteiger partial charge in [0, 0.05) is 70.3 Å². The number of halogens is 1. The molecule has 1 aliphatic carbocycles. The van der Waals surface area contributed by atoms with Gasteiger partial charge < -0.3 is 14.5 Å². The Bertz CT molecular complexity index is 953. The van der Waals surface area contributed by atoms with E-state index in [0.717, 1.165) is 64.7 Å². The van der Waals surface area contributed by atoms with Crippen LogP contribution >= 0.6 is 0 Å². The summed E-state index contributed by atoms with van der Waals surface area (Å²) in [6, 6.07) is 3.52. The molecule has 0 aromatic carbocycles. The van der Waals surface area contributed by atoms with Crippen LogP contribution in [0.25, 0.3) is 0 Å². The molecule has 1 spiro atoms. The minimum atomic E-state index is -0.696. The summed E-state index contributed by atoms with van der Waals surface area (Å²) in [5, 5.41) is 0. The van der Waals surface area contributed by atoms with E-state index < -0.39 is 5.95 Å². The predicted octanol–water partition coefficient (Wildman–Crippen LogP) is 5.50. The van der Waals surface area contributed by atoms with Gasteiger partial charge in [0.15, 0.2) is 0 Å². The van der Waals surface area contributed by atoms with E-state index in [0.29, 0.717) is 31.0 Å². The summed E-state index contributed by atoms with van der Waals surface area (Å²) in [7, 11) is 0. The lowest BCUT2D eigenvalue weighted by molar-refractivity contribution is -0.127. The molecular weight excluding hydrogens is 483 g/mol. The number of unbranched alkanes of at least 4 members (excludes halogenated alkanes) is 1. The molecule has 1 saturated carbocycles. The molecule has 5 rings (SSSR count). The summed E-state index contributed by atoms with van der Waals surface area (Å²) < 4.78 is 20.4. The van der Waals surface area contributed by atoms with Crippen LogP contribution in [0.1, 0.15) is 94.3 Å². The third-order valence-electron chi connectivity index (χ3n) is 9.75. The zero-order chi connectivity index (χ0) is 26.5. The molecule has 0 radical (unpaired) electrons. The predicted molar refractivity (Wildman–Crippen MR) is 144 cm³/mol. The van der Waals surface area contributed by atoms with E-state index in [1.165, 1.54) is 50.8 Å². The first kappa shape index (κ1) is 27.4. The number of likely N-dealkylation sites (tertiary alicyclic amines) is 2. The van der Waals surface area contributed by atoms with Gasteiger partial charge in [-0.2, -0.15) is 4.39 Å². The van der Waals surface area contributed by atoms with Gasteiger partial charge in [-0.1, -0.05) is 39.0 Å². The van der Waals surface area contributed by atoms with Gasteiger partial charge in [-0.15, -0.1) is 0 Å². The van der Waals surface area contributed by atoms with Gasteiger partial charge in [-0.05, 0) is 50.2 Å². The van der Waals surface area contributed by atoms with Crippen LogP contribution < -0.4 is 0 Å². The minimum Gasteiger partial charge on any atom is -0.442 e. The van der Waals surface area contributed by atoms with Crippen molar-refractivity contribution in [2.24, 2.45) is 11.8 Å². The smallest absolute Gasteiger partial charge is 0.410 e. The average Bonchev–Trinajstić information content (AvgIpc) is 2.95. The topological polar surface area (TPSA) is 66.0 Å². The molecule has 7 nitrogen and oxygen atoms in total. The van der Waals surface area contributed by atoms with Crippen molar-refractivity contribution in [2.75, 3.05) is 39.3 Å². The minimum absolute atomic E-state index is 0.0561. The molecule has 0 bridgehead atoms. The number of pyridine rings is 1. The van der Waals surface area contributed by atoms with E-state index in [1.807, 2.05) is 4.90 Å². The number of hydrogen-bond acceptors (Lipinski definition) is 5. The number of hydrogen-bond donors (Lipinski definition) is 0. The van der Waals surface area contributed by atoms with Gasteiger partial charge in [0.25, 0.3) is 5.91 Å². The molecular formula is C30H45FN4O3. The molecule has 1 unspecified atom stereocenters. The third kappa shape index (κ3) is 6.00. The van der Waals surface area contributed by atoms with Gasteiger partial charge >= 0.3 is 6.09 Å². The Kier molecular flexibility index (Phi) is 8.86. The van der Waals surface area contributed by atoms with Crippen molar-refractivity contribution in [2.45, 2.75) is 95.6 Å². The van der Waals surface area contributed by atoms with Crippen LogP contribution in [0.2, 0.25) is 0 Å².